The minimum absolute atomic E-state index is 0.0167. The zero-order valence-electron chi connectivity index (χ0n) is 12.7. The molecule has 1 amide bonds. The van der Waals surface area contributed by atoms with Gasteiger partial charge in [-0.2, -0.15) is 0 Å². The van der Waals surface area contributed by atoms with Crippen molar-refractivity contribution in [2.45, 2.75) is 13.0 Å². The molecule has 6 heteroatoms. The van der Waals surface area contributed by atoms with Crippen LogP contribution in [-0.2, 0) is 0 Å². The second-order valence-electron chi connectivity index (χ2n) is 5.46. The highest BCUT2D eigenvalue weighted by Crippen LogP contribution is 2.30. The van der Waals surface area contributed by atoms with E-state index in [9.17, 15) is 9.59 Å². The van der Waals surface area contributed by atoms with Gasteiger partial charge in [-0.25, -0.2) is 0 Å². The normalized spacial score (nSPS) is 18.0. The van der Waals surface area contributed by atoms with Crippen molar-refractivity contribution in [3.63, 3.8) is 0 Å². The van der Waals surface area contributed by atoms with Gasteiger partial charge in [0.15, 0.2) is 5.78 Å². The lowest BCUT2D eigenvalue weighted by Crippen LogP contribution is -2.48. The second kappa shape index (κ2) is 6.83. The number of carbonyl (C=O) groups excluding carboxylic acids is 2. The third-order valence-corrected chi connectivity index (χ3v) is 5.45. The molecule has 0 radical (unpaired) electrons. The maximum absolute atomic E-state index is 12.9. The molecule has 1 aromatic heterocycles. The van der Waals surface area contributed by atoms with E-state index >= 15 is 0 Å². The molecular formula is C17H17ClN2O2S. The smallest absolute Gasteiger partial charge is 0.264 e. The lowest BCUT2D eigenvalue weighted by molar-refractivity contribution is 0.0639. The Kier molecular flexibility index (Phi) is 4.80. The summed E-state index contributed by atoms with van der Waals surface area (Å²) in [6.07, 6.45) is 0. The summed E-state index contributed by atoms with van der Waals surface area (Å²) in [7, 11) is 0. The van der Waals surface area contributed by atoms with Crippen molar-refractivity contribution >= 4 is 34.6 Å². The Balaban J connectivity index is 1.90. The van der Waals surface area contributed by atoms with Gasteiger partial charge in [-0.15, -0.1) is 11.3 Å². The van der Waals surface area contributed by atoms with E-state index in [2.05, 4.69) is 5.32 Å². The highest BCUT2D eigenvalue weighted by molar-refractivity contribution is 7.15. The molecule has 1 atom stereocenters. The van der Waals surface area contributed by atoms with E-state index in [1.807, 2.05) is 29.2 Å². The first kappa shape index (κ1) is 16.2. The van der Waals surface area contributed by atoms with E-state index in [1.165, 1.54) is 18.3 Å². The van der Waals surface area contributed by atoms with E-state index in [0.29, 0.717) is 27.9 Å². The molecule has 1 aliphatic heterocycles. The van der Waals surface area contributed by atoms with Crippen LogP contribution in [-0.4, -0.2) is 36.2 Å². The highest BCUT2D eigenvalue weighted by atomic mass is 35.5. The van der Waals surface area contributed by atoms with Crippen LogP contribution in [0.5, 0.6) is 0 Å². The third-order valence-electron chi connectivity index (χ3n) is 3.93. The number of halogens is 1. The summed E-state index contributed by atoms with van der Waals surface area (Å²) < 4.78 is 0. The molecule has 1 saturated heterocycles. The molecule has 1 N–H and O–H groups in total. The minimum Gasteiger partial charge on any atom is -0.328 e. The molecule has 2 heterocycles. The van der Waals surface area contributed by atoms with Gasteiger partial charge in [0.25, 0.3) is 5.91 Å². The van der Waals surface area contributed by atoms with E-state index in [1.54, 1.807) is 12.1 Å². The maximum atomic E-state index is 12.9. The predicted octanol–water partition coefficient (Wildman–Crippen LogP) is 3.39. The zero-order valence-corrected chi connectivity index (χ0v) is 14.3. The Morgan fingerprint density at radius 3 is 2.65 bits per heavy atom. The quantitative estimate of drug-likeness (QED) is 0.865. The van der Waals surface area contributed by atoms with Crippen molar-refractivity contribution < 1.29 is 9.59 Å². The summed E-state index contributed by atoms with van der Waals surface area (Å²) in [5.74, 6) is -0.0639. The average molecular weight is 349 g/mol. The summed E-state index contributed by atoms with van der Waals surface area (Å²) in [5, 5.41) is 3.98. The lowest BCUT2D eigenvalue weighted by Gasteiger charge is -2.36. The molecule has 0 bridgehead atoms. The molecular weight excluding hydrogens is 332 g/mol. The number of piperazine rings is 1. The molecule has 1 unspecified atom stereocenters. The number of nitrogens with one attached hydrogen (secondary N) is 1. The number of hydrogen-bond donors (Lipinski definition) is 1. The zero-order chi connectivity index (χ0) is 16.4. The fourth-order valence-electron chi connectivity index (χ4n) is 2.75. The van der Waals surface area contributed by atoms with Crippen LogP contribution in [0.4, 0.5) is 0 Å². The van der Waals surface area contributed by atoms with Gasteiger partial charge in [0, 0.05) is 24.7 Å². The Bertz CT molecular complexity index is 744. The van der Waals surface area contributed by atoms with Gasteiger partial charge in [0.05, 0.1) is 15.8 Å². The number of ketones is 1. The van der Waals surface area contributed by atoms with Crippen molar-refractivity contribution in [2.75, 3.05) is 19.6 Å². The van der Waals surface area contributed by atoms with E-state index in [-0.39, 0.29) is 17.7 Å². The van der Waals surface area contributed by atoms with Crippen LogP contribution in [0.15, 0.2) is 36.4 Å². The van der Waals surface area contributed by atoms with Gasteiger partial charge in [0.2, 0.25) is 0 Å². The predicted molar refractivity (Wildman–Crippen MR) is 92.4 cm³/mol. The summed E-state index contributed by atoms with van der Waals surface area (Å²) in [6.45, 7) is 3.54. The number of rotatable bonds is 3. The summed E-state index contributed by atoms with van der Waals surface area (Å²) in [6, 6.07) is 10.9. The number of carbonyl (C=O) groups is 2. The number of Topliss-reactive ketones (excluding diaryl/α,β-unsaturated/α-hetero) is 1. The fraction of sp³-hybridized carbons (Fsp3) is 0.294. The first-order valence-corrected chi connectivity index (χ1v) is 8.64. The molecule has 0 spiro atoms. The summed E-state index contributed by atoms with van der Waals surface area (Å²) >= 11 is 7.56. The van der Waals surface area contributed by atoms with E-state index in [0.717, 1.165) is 12.1 Å². The molecule has 1 aliphatic rings. The molecule has 4 nitrogen and oxygen atoms in total. The monoisotopic (exact) mass is 348 g/mol. The van der Waals surface area contributed by atoms with Crippen molar-refractivity contribution in [1.29, 1.82) is 0 Å². The number of hydrogen-bond acceptors (Lipinski definition) is 4. The molecule has 2 aromatic rings. The molecule has 120 valence electrons. The van der Waals surface area contributed by atoms with Crippen LogP contribution in [0.1, 0.15) is 37.9 Å². The Morgan fingerprint density at radius 2 is 1.96 bits per heavy atom. The van der Waals surface area contributed by atoms with E-state index < -0.39 is 0 Å². The molecule has 3 rings (SSSR count). The fourth-order valence-corrected chi connectivity index (χ4v) is 3.87. The Labute approximate surface area is 144 Å². The van der Waals surface area contributed by atoms with Gasteiger partial charge in [-0.05, 0) is 30.7 Å². The Hall–Kier alpha value is -1.69. The molecule has 0 aliphatic carbocycles. The van der Waals surface area contributed by atoms with Gasteiger partial charge in [-0.1, -0.05) is 29.8 Å². The minimum atomic E-state index is -0.104. The van der Waals surface area contributed by atoms with Gasteiger partial charge >= 0.3 is 0 Å². The maximum Gasteiger partial charge on any atom is 0.264 e. The van der Waals surface area contributed by atoms with Crippen molar-refractivity contribution in [1.82, 2.24) is 10.2 Å². The summed E-state index contributed by atoms with van der Waals surface area (Å²) in [4.78, 5) is 27.4. The van der Waals surface area contributed by atoms with Crippen molar-refractivity contribution in [2.24, 2.45) is 0 Å². The van der Waals surface area contributed by atoms with Gasteiger partial charge in [0.1, 0.15) is 0 Å². The van der Waals surface area contributed by atoms with E-state index in [4.69, 9.17) is 11.6 Å². The Morgan fingerprint density at radius 1 is 1.22 bits per heavy atom. The largest absolute Gasteiger partial charge is 0.328 e. The molecule has 1 fully saturated rings. The standard InChI is InChI=1S/C17H17ClN2O2S/c1-11(21)15-6-7-16(23-15)17(22)20-9-8-19-10-14(20)12-4-2-3-5-13(12)18/h2-7,14,19H,8-10H2,1H3. The third kappa shape index (κ3) is 3.32. The molecule has 1 aromatic carbocycles. The highest BCUT2D eigenvalue weighted by Gasteiger charge is 2.30. The van der Waals surface area contributed by atoms with Crippen LogP contribution < -0.4 is 5.32 Å². The summed E-state index contributed by atoms with van der Waals surface area (Å²) in [5.41, 5.74) is 0.943. The van der Waals surface area contributed by atoms with Crippen LogP contribution in [0.3, 0.4) is 0 Å². The van der Waals surface area contributed by atoms with Crippen LogP contribution in [0, 0.1) is 0 Å². The van der Waals surface area contributed by atoms with Crippen LogP contribution in [0.2, 0.25) is 5.02 Å². The van der Waals surface area contributed by atoms with Crippen molar-refractivity contribution in [3.05, 3.63) is 56.7 Å². The topological polar surface area (TPSA) is 49.4 Å². The van der Waals surface area contributed by atoms with Crippen LogP contribution >= 0.6 is 22.9 Å². The molecule has 0 saturated carbocycles. The SMILES string of the molecule is CC(=O)c1ccc(C(=O)N2CCNCC2c2ccccc2Cl)s1. The van der Waals surface area contributed by atoms with Gasteiger partial charge in [-0.3, -0.25) is 9.59 Å². The average Bonchev–Trinajstić information content (AvgIpc) is 3.05. The number of nitrogens with zero attached hydrogens (tertiary/aromatic N) is 1. The van der Waals surface area contributed by atoms with Crippen LogP contribution in [0.25, 0.3) is 0 Å². The second-order valence-corrected chi connectivity index (χ2v) is 6.95. The number of benzene rings is 1. The number of amides is 1. The van der Waals surface area contributed by atoms with Gasteiger partial charge < -0.3 is 10.2 Å². The first-order chi connectivity index (χ1) is 11.1. The van der Waals surface area contributed by atoms with Crippen molar-refractivity contribution in [3.8, 4) is 0 Å². The lowest BCUT2D eigenvalue weighted by atomic mass is 10.0. The first-order valence-electron chi connectivity index (χ1n) is 7.45. The molecule has 23 heavy (non-hydrogen) atoms. The number of thiophene rings is 1.